The molecule has 0 heterocycles. The second kappa shape index (κ2) is 12.4. The summed E-state index contributed by atoms with van der Waals surface area (Å²) in [4.78, 5) is 24.1. The summed E-state index contributed by atoms with van der Waals surface area (Å²) in [6.45, 7) is 15.0. The standard InChI is InChI=1S/C30H36O6/c1-7-21(35-29(31)19(3)4)17-33-27-23-13-9-11-15-25(23)28(26-16-12-10-14-24(26)27)34-18-22(8-2)36-30(32)20(5)6/h9-13,15,21-22H,3,5,7-8,14,16-18H2,1-2,4,6H3. The Morgan fingerprint density at radius 3 is 1.50 bits per heavy atom. The Kier molecular flexibility index (Phi) is 9.34. The van der Waals surface area contributed by atoms with Crippen LogP contribution in [-0.2, 0) is 31.9 Å². The largest absolute Gasteiger partial charge is 0.489 e. The molecular weight excluding hydrogens is 456 g/mol. The van der Waals surface area contributed by atoms with Gasteiger partial charge in [0.2, 0.25) is 0 Å². The van der Waals surface area contributed by atoms with Crippen LogP contribution in [0.1, 0.15) is 51.7 Å². The van der Waals surface area contributed by atoms with Gasteiger partial charge in [0.05, 0.1) is 0 Å². The summed E-state index contributed by atoms with van der Waals surface area (Å²) < 4.78 is 23.8. The van der Waals surface area contributed by atoms with Gasteiger partial charge in [-0.25, -0.2) is 9.59 Å². The van der Waals surface area contributed by atoms with Gasteiger partial charge in [0, 0.05) is 33.0 Å². The van der Waals surface area contributed by atoms with E-state index in [1.165, 1.54) is 0 Å². The molecule has 192 valence electrons. The molecule has 6 nitrogen and oxygen atoms in total. The van der Waals surface area contributed by atoms with Crippen molar-refractivity contribution in [1.82, 2.24) is 0 Å². The molecule has 0 aromatic heterocycles. The van der Waals surface area contributed by atoms with Crippen LogP contribution in [0.15, 0.2) is 60.7 Å². The van der Waals surface area contributed by atoms with Crippen molar-refractivity contribution >= 4 is 22.7 Å². The van der Waals surface area contributed by atoms with Crippen molar-refractivity contribution in [1.29, 1.82) is 0 Å². The van der Waals surface area contributed by atoms with E-state index in [-0.39, 0.29) is 25.4 Å². The van der Waals surface area contributed by atoms with Crippen molar-refractivity contribution in [3.8, 4) is 11.5 Å². The van der Waals surface area contributed by atoms with Crippen LogP contribution in [0.5, 0.6) is 11.5 Å². The Morgan fingerprint density at radius 2 is 1.17 bits per heavy atom. The highest BCUT2D eigenvalue weighted by atomic mass is 16.6. The van der Waals surface area contributed by atoms with Gasteiger partial charge >= 0.3 is 11.9 Å². The molecule has 2 aromatic rings. The number of allylic oxidation sites excluding steroid dienone is 2. The molecule has 2 aromatic carbocycles. The zero-order chi connectivity index (χ0) is 26.2. The van der Waals surface area contributed by atoms with Crippen LogP contribution in [-0.4, -0.2) is 37.4 Å². The summed E-state index contributed by atoms with van der Waals surface area (Å²) in [7, 11) is 0. The lowest BCUT2D eigenvalue weighted by Gasteiger charge is -2.26. The Hall–Kier alpha value is -3.54. The first-order valence-electron chi connectivity index (χ1n) is 12.5. The van der Waals surface area contributed by atoms with E-state index in [0.717, 1.165) is 33.4 Å². The molecule has 0 radical (unpaired) electrons. The molecule has 0 saturated heterocycles. The van der Waals surface area contributed by atoms with E-state index in [4.69, 9.17) is 18.9 Å². The van der Waals surface area contributed by atoms with Gasteiger partial charge < -0.3 is 18.9 Å². The van der Waals surface area contributed by atoms with Crippen molar-refractivity contribution in [2.24, 2.45) is 0 Å². The lowest BCUT2D eigenvalue weighted by Crippen LogP contribution is -2.26. The van der Waals surface area contributed by atoms with Gasteiger partial charge in [-0.15, -0.1) is 0 Å². The molecule has 3 rings (SSSR count). The highest BCUT2D eigenvalue weighted by molar-refractivity contribution is 5.96. The maximum Gasteiger partial charge on any atom is 0.333 e. The maximum absolute atomic E-state index is 12.0. The van der Waals surface area contributed by atoms with Crippen LogP contribution in [0.4, 0.5) is 0 Å². The van der Waals surface area contributed by atoms with Gasteiger partial charge in [0.15, 0.2) is 0 Å². The maximum atomic E-state index is 12.0. The topological polar surface area (TPSA) is 71.1 Å². The van der Waals surface area contributed by atoms with Crippen LogP contribution < -0.4 is 9.47 Å². The number of fused-ring (bicyclic) bond motifs is 2. The van der Waals surface area contributed by atoms with E-state index in [1.54, 1.807) is 13.8 Å². The zero-order valence-corrected chi connectivity index (χ0v) is 21.7. The van der Waals surface area contributed by atoms with Crippen molar-refractivity contribution in [3.05, 3.63) is 71.8 Å². The molecule has 36 heavy (non-hydrogen) atoms. The number of carbonyl (C=O) groups is 2. The number of benzene rings is 2. The molecule has 0 spiro atoms. The highest BCUT2D eigenvalue weighted by Crippen LogP contribution is 2.43. The minimum Gasteiger partial charge on any atom is -0.489 e. The monoisotopic (exact) mass is 492 g/mol. The molecule has 0 fully saturated rings. The molecule has 0 amide bonds. The number of carbonyl (C=O) groups excluding carboxylic acids is 2. The minimum atomic E-state index is -0.415. The van der Waals surface area contributed by atoms with Gasteiger partial charge in [0.25, 0.3) is 0 Å². The molecule has 1 aliphatic rings. The molecule has 2 unspecified atom stereocenters. The van der Waals surface area contributed by atoms with Gasteiger partial charge in [-0.1, -0.05) is 63.4 Å². The van der Waals surface area contributed by atoms with Crippen LogP contribution in [0.25, 0.3) is 10.8 Å². The van der Waals surface area contributed by atoms with Crippen molar-refractivity contribution in [2.45, 2.75) is 65.6 Å². The van der Waals surface area contributed by atoms with Crippen LogP contribution in [0, 0.1) is 0 Å². The fraction of sp³-hybridized carbons (Fsp3) is 0.400. The lowest BCUT2D eigenvalue weighted by molar-refractivity contribution is -0.146. The fourth-order valence-corrected chi connectivity index (χ4v) is 3.97. The van der Waals surface area contributed by atoms with E-state index in [1.807, 2.05) is 38.1 Å². The number of ether oxygens (including phenoxy) is 4. The Bertz CT molecular complexity index is 1090. The fourth-order valence-electron chi connectivity index (χ4n) is 3.97. The molecule has 2 atom stereocenters. The lowest BCUT2D eigenvalue weighted by atomic mass is 9.90. The Morgan fingerprint density at radius 1 is 0.778 bits per heavy atom. The summed E-state index contributed by atoms with van der Waals surface area (Å²) >= 11 is 0. The first-order chi connectivity index (χ1) is 17.3. The molecular formula is C30H36O6. The van der Waals surface area contributed by atoms with Crippen LogP contribution >= 0.6 is 0 Å². The SMILES string of the molecule is C=C(C)C(=O)OC(CC)COc1c2c(c(OCC(CC)OC(=O)C(=C)C)c3ccccc13)CC=CC2. The summed E-state index contributed by atoms with van der Waals surface area (Å²) in [6, 6.07) is 7.95. The summed E-state index contributed by atoms with van der Waals surface area (Å²) in [6.07, 6.45) is 6.14. The van der Waals surface area contributed by atoms with Crippen molar-refractivity contribution < 1.29 is 28.5 Å². The normalized spacial score (nSPS) is 13.9. The predicted octanol–water partition coefficient (Wildman–Crippen LogP) is 6.05. The van der Waals surface area contributed by atoms with Crippen LogP contribution in [0.2, 0.25) is 0 Å². The van der Waals surface area contributed by atoms with Gasteiger partial charge in [0.1, 0.15) is 36.9 Å². The molecule has 6 heteroatoms. The third-order valence-electron chi connectivity index (χ3n) is 6.12. The highest BCUT2D eigenvalue weighted by Gasteiger charge is 2.24. The molecule has 0 saturated carbocycles. The summed E-state index contributed by atoms with van der Waals surface area (Å²) in [5, 5.41) is 1.85. The first kappa shape index (κ1) is 27.1. The summed E-state index contributed by atoms with van der Waals surface area (Å²) in [5.41, 5.74) is 2.84. The smallest absolute Gasteiger partial charge is 0.333 e. The van der Waals surface area contributed by atoms with Crippen LogP contribution in [0.3, 0.4) is 0 Å². The predicted molar refractivity (Wildman–Crippen MR) is 141 cm³/mol. The molecule has 1 aliphatic carbocycles. The minimum absolute atomic E-state index is 0.241. The average molecular weight is 493 g/mol. The Balaban J connectivity index is 1.93. The van der Waals surface area contributed by atoms with Gasteiger partial charge in [-0.2, -0.15) is 0 Å². The van der Waals surface area contributed by atoms with Crippen molar-refractivity contribution in [2.75, 3.05) is 13.2 Å². The van der Waals surface area contributed by atoms with E-state index in [0.29, 0.717) is 36.8 Å². The summed E-state index contributed by atoms with van der Waals surface area (Å²) in [5.74, 6) is 0.731. The quantitative estimate of drug-likeness (QED) is 0.204. The third-order valence-corrected chi connectivity index (χ3v) is 6.12. The zero-order valence-electron chi connectivity index (χ0n) is 21.7. The Labute approximate surface area is 213 Å². The average Bonchev–Trinajstić information content (AvgIpc) is 2.88. The molecule has 0 bridgehead atoms. The van der Waals surface area contributed by atoms with Gasteiger partial charge in [-0.05, 0) is 39.5 Å². The second-order valence-corrected chi connectivity index (χ2v) is 9.09. The number of hydrogen-bond donors (Lipinski definition) is 0. The van der Waals surface area contributed by atoms with E-state index in [9.17, 15) is 9.59 Å². The first-order valence-corrected chi connectivity index (χ1v) is 12.5. The number of hydrogen-bond acceptors (Lipinski definition) is 6. The molecule has 0 aliphatic heterocycles. The number of esters is 2. The molecule has 0 N–H and O–H groups in total. The van der Waals surface area contributed by atoms with E-state index >= 15 is 0 Å². The second-order valence-electron chi connectivity index (χ2n) is 9.09. The third kappa shape index (κ3) is 6.36. The van der Waals surface area contributed by atoms with E-state index in [2.05, 4.69) is 25.3 Å². The van der Waals surface area contributed by atoms with Crippen molar-refractivity contribution in [3.63, 3.8) is 0 Å². The van der Waals surface area contributed by atoms with E-state index < -0.39 is 11.9 Å². The van der Waals surface area contributed by atoms with Gasteiger partial charge in [-0.3, -0.25) is 0 Å². The number of rotatable bonds is 12.